The Morgan fingerprint density at radius 1 is 1.06 bits per heavy atom. The molecule has 0 aliphatic carbocycles. The minimum Gasteiger partial charge on any atom is -0.484 e. The number of amides is 2. The Labute approximate surface area is 190 Å². The lowest BCUT2D eigenvalue weighted by atomic mass is 10.1. The molecule has 0 aromatic heterocycles. The van der Waals surface area contributed by atoms with Crippen molar-refractivity contribution in [2.24, 2.45) is 0 Å². The lowest BCUT2D eigenvalue weighted by Gasteiger charge is -2.31. The van der Waals surface area contributed by atoms with Crippen LogP contribution in [-0.2, 0) is 16.1 Å². The monoisotopic (exact) mass is 444 g/mol. The first kappa shape index (κ1) is 24.7. The summed E-state index contributed by atoms with van der Waals surface area (Å²) in [5, 5.41) is 3.66. The first-order valence-corrected chi connectivity index (χ1v) is 11.2. The zero-order chi connectivity index (χ0) is 23.0. The Hall–Kier alpha value is -2.53. The van der Waals surface area contributed by atoms with Gasteiger partial charge in [-0.3, -0.25) is 9.59 Å². The van der Waals surface area contributed by atoms with Crippen LogP contribution in [-0.4, -0.2) is 35.4 Å². The summed E-state index contributed by atoms with van der Waals surface area (Å²) in [5.74, 6) is 0.200. The molecule has 1 N–H and O–H groups in total. The minimum absolute atomic E-state index is 0.0465. The van der Waals surface area contributed by atoms with Crippen LogP contribution in [0.4, 0.5) is 0 Å². The van der Waals surface area contributed by atoms with Crippen LogP contribution in [0.25, 0.3) is 0 Å². The maximum Gasteiger partial charge on any atom is 0.261 e. The largest absolute Gasteiger partial charge is 0.484 e. The predicted octanol–water partition coefficient (Wildman–Crippen LogP) is 5.06. The van der Waals surface area contributed by atoms with E-state index in [-0.39, 0.29) is 24.5 Å². The van der Waals surface area contributed by atoms with E-state index in [1.165, 1.54) is 0 Å². The van der Waals surface area contributed by atoms with Gasteiger partial charge in [0.25, 0.3) is 5.91 Å². The molecule has 2 atom stereocenters. The van der Waals surface area contributed by atoms with Gasteiger partial charge in [-0.2, -0.15) is 0 Å². The number of rotatable bonds is 10. The number of halogens is 1. The van der Waals surface area contributed by atoms with Crippen molar-refractivity contribution in [3.8, 4) is 5.75 Å². The van der Waals surface area contributed by atoms with Crippen LogP contribution in [0.5, 0.6) is 5.75 Å². The highest BCUT2D eigenvalue weighted by atomic mass is 35.5. The molecule has 2 aromatic rings. The number of carbonyl (C=O) groups excluding carboxylic acids is 2. The van der Waals surface area contributed by atoms with Crippen molar-refractivity contribution in [2.45, 2.75) is 66.1 Å². The number of nitrogens with zero attached hydrogens (tertiary/aromatic N) is 1. The van der Waals surface area contributed by atoms with E-state index >= 15 is 0 Å². The molecule has 0 aliphatic rings. The van der Waals surface area contributed by atoms with E-state index in [2.05, 4.69) is 5.32 Å². The highest BCUT2D eigenvalue weighted by Gasteiger charge is 2.29. The molecule has 6 heteroatoms. The zero-order valence-electron chi connectivity index (χ0n) is 19.1. The van der Waals surface area contributed by atoms with E-state index in [1.54, 1.807) is 23.1 Å². The van der Waals surface area contributed by atoms with Gasteiger partial charge in [-0.05, 0) is 68.5 Å². The van der Waals surface area contributed by atoms with Crippen LogP contribution in [0.3, 0.4) is 0 Å². The molecule has 0 radical (unpaired) electrons. The second kappa shape index (κ2) is 11.8. The van der Waals surface area contributed by atoms with Crippen LogP contribution < -0.4 is 10.1 Å². The maximum atomic E-state index is 13.2. The second-order valence-corrected chi connectivity index (χ2v) is 8.30. The van der Waals surface area contributed by atoms with Gasteiger partial charge in [0.2, 0.25) is 5.91 Å². The third kappa shape index (κ3) is 7.00. The summed E-state index contributed by atoms with van der Waals surface area (Å²) in [6, 6.07) is 12.7. The van der Waals surface area contributed by atoms with E-state index in [4.69, 9.17) is 16.3 Å². The van der Waals surface area contributed by atoms with Gasteiger partial charge in [-0.25, -0.2) is 0 Å². The van der Waals surface area contributed by atoms with Crippen molar-refractivity contribution in [1.29, 1.82) is 0 Å². The highest BCUT2D eigenvalue weighted by Crippen LogP contribution is 2.22. The predicted molar refractivity (Wildman–Crippen MR) is 125 cm³/mol. The lowest BCUT2D eigenvalue weighted by molar-refractivity contribution is -0.143. The van der Waals surface area contributed by atoms with Gasteiger partial charge in [0, 0.05) is 17.6 Å². The summed E-state index contributed by atoms with van der Waals surface area (Å²) in [7, 11) is 0. The zero-order valence-corrected chi connectivity index (χ0v) is 19.8. The molecule has 0 unspecified atom stereocenters. The van der Waals surface area contributed by atoms with Crippen LogP contribution in [0, 0.1) is 13.8 Å². The first-order valence-electron chi connectivity index (χ1n) is 10.8. The normalized spacial score (nSPS) is 12.7. The molecule has 0 fully saturated rings. The minimum atomic E-state index is -0.573. The standard InChI is InChI=1S/C25H33ClN2O3/c1-6-19(5)27-25(30)23(7-2)28(15-20-11-9-8-10-17(20)3)24(29)16-31-21-12-13-22(26)18(4)14-21/h8-14,19,23H,6-7,15-16H2,1-5H3,(H,27,30)/t19-,23-/m0/s1. The molecule has 5 nitrogen and oxygen atoms in total. The summed E-state index contributed by atoms with van der Waals surface area (Å²) < 4.78 is 5.75. The quantitative estimate of drug-likeness (QED) is 0.557. The van der Waals surface area contributed by atoms with Gasteiger partial charge in [-0.15, -0.1) is 0 Å². The summed E-state index contributed by atoms with van der Waals surface area (Å²) in [6.07, 6.45) is 1.34. The third-order valence-corrected chi connectivity index (χ3v) is 5.90. The van der Waals surface area contributed by atoms with Gasteiger partial charge in [0.1, 0.15) is 11.8 Å². The van der Waals surface area contributed by atoms with Crippen molar-refractivity contribution >= 4 is 23.4 Å². The number of hydrogen-bond donors (Lipinski definition) is 1. The number of hydrogen-bond acceptors (Lipinski definition) is 3. The van der Waals surface area contributed by atoms with Crippen LogP contribution in [0.2, 0.25) is 5.02 Å². The highest BCUT2D eigenvalue weighted by molar-refractivity contribution is 6.31. The summed E-state index contributed by atoms with van der Waals surface area (Å²) in [4.78, 5) is 27.8. The summed E-state index contributed by atoms with van der Waals surface area (Å²) >= 11 is 6.07. The molecule has 2 aromatic carbocycles. The molecule has 2 amide bonds. The number of carbonyl (C=O) groups is 2. The summed E-state index contributed by atoms with van der Waals surface area (Å²) in [6.45, 7) is 9.98. The smallest absolute Gasteiger partial charge is 0.261 e. The Morgan fingerprint density at radius 3 is 2.39 bits per heavy atom. The Balaban J connectivity index is 2.24. The molecule has 0 saturated carbocycles. The number of nitrogens with one attached hydrogen (secondary N) is 1. The Morgan fingerprint density at radius 2 is 1.77 bits per heavy atom. The molecular weight excluding hydrogens is 412 g/mol. The maximum absolute atomic E-state index is 13.2. The molecule has 0 heterocycles. The molecule has 31 heavy (non-hydrogen) atoms. The molecule has 0 bridgehead atoms. The Bertz CT molecular complexity index is 900. The fraction of sp³-hybridized carbons (Fsp3) is 0.440. The fourth-order valence-electron chi connectivity index (χ4n) is 3.27. The van der Waals surface area contributed by atoms with Gasteiger partial charge >= 0.3 is 0 Å². The van der Waals surface area contributed by atoms with Gasteiger partial charge in [0.15, 0.2) is 6.61 Å². The second-order valence-electron chi connectivity index (χ2n) is 7.89. The van der Waals surface area contributed by atoms with E-state index in [9.17, 15) is 9.59 Å². The van der Waals surface area contributed by atoms with Crippen LogP contribution in [0.1, 0.15) is 50.3 Å². The topological polar surface area (TPSA) is 58.6 Å². The van der Waals surface area contributed by atoms with Crippen molar-refractivity contribution in [1.82, 2.24) is 10.2 Å². The van der Waals surface area contributed by atoms with Crippen molar-refractivity contribution in [3.63, 3.8) is 0 Å². The fourth-order valence-corrected chi connectivity index (χ4v) is 3.38. The third-order valence-electron chi connectivity index (χ3n) is 5.48. The molecule has 0 saturated heterocycles. The van der Waals surface area contributed by atoms with Crippen molar-refractivity contribution in [2.75, 3.05) is 6.61 Å². The van der Waals surface area contributed by atoms with E-state index in [0.717, 1.165) is 23.1 Å². The van der Waals surface area contributed by atoms with Gasteiger partial charge in [0.05, 0.1) is 0 Å². The van der Waals surface area contributed by atoms with Crippen LogP contribution in [0.15, 0.2) is 42.5 Å². The van der Waals surface area contributed by atoms with Crippen molar-refractivity contribution in [3.05, 3.63) is 64.2 Å². The number of benzene rings is 2. The number of ether oxygens (including phenoxy) is 1. The molecule has 168 valence electrons. The van der Waals surface area contributed by atoms with Gasteiger partial charge in [-0.1, -0.05) is 49.7 Å². The van der Waals surface area contributed by atoms with E-state index < -0.39 is 6.04 Å². The molecule has 0 spiro atoms. The molecule has 2 rings (SSSR count). The molecule has 0 aliphatic heterocycles. The van der Waals surface area contributed by atoms with E-state index in [1.807, 2.05) is 58.9 Å². The molecular formula is C25H33ClN2O3. The average molecular weight is 445 g/mol. The Kier molecular flexibility index (Phi) is 9.38. The summed E-state index contributed by atoms with van der Waals surface area (Å²) in [5.41, 5.74) is 2.96. The van der Waals surface area contributed by atoms with Crippen molar-refractivity contribution < 1.29 is 14.3 Å². The first-order chi connectivity index (χ1) is 14.8. The van der Waals surface area contributed by atoms with E-state index in [0.29, 0.717) is 23.7 Å². The number of aryl methyl sites for hydroxylation is 2. The van der Waals surface area contributed by atoms with Gasteiger partial charge < -0.3 is 15.0 Å². The van der Waals surface area contributed by atoms with Crippen LogP contribution >= 0.6 is 11.6 Å². The SMILES string of the molecule is CC[C@H](C)NC(=O)[C@H](CC)N(Cc1ccccc1C)C(=O)COc1ccc(Cl)c(C)c1. The average Bonchev–Trinajstić information content (AvgIpc) is 2.75. The lowest BCUT2D eigenvalue weighted by Crippen LogP contribution is -2.51.